The second-order valence-electron chi connectivity index (χ2n) is 8.08. The van der Waals surface area contributed by atoms with E-state index < -0.39 is 23.3 Å². The molecule has 9 heteroatoms. The third kappa shape index (κ3) is 6.24. The summed E-state index contributed by atoms with van der Waals surface area (Å²) in [6.07, 6.45) is 5.33. The van der Waals surface area contributed by atoms with Gasteiger partial charge in [-0.2, -0.15) is 0 Å². The van der Waals surface area contributed by atoms with Crippen LogP contribution in [0.5, 0.6) is 0 Å². The minimum absolute atomic E-state index is 0.188. The summed E-state index contributed by atoms with van der Waals surface area (Å²) >= 11 is 1.10. The number of benzene rings is 2. The summed E-state index contributed by atoms with van der Waals surface area (Å²) < 4.78 is 20.3. The molecule has 0 unspecified atom stereocenters. The summed E-state index contributed by atoms with van der Waals surface area (Å²) in [6.45, 7) is 3.63. The maximum absolute atomic E-state index is 13.4. The molecule has 0 bridgehead atoms. The molecule has 0 saturated carbocycles. The number of nitrogens with zero attached hydrogens (tertiary/aromatic N) is 2. The van der Waals surface area contributed by atoms with Gasteiger partial charge in [-0.15, -0.1) is 11.3 Å². The third-order valence-corrected chi connectivity index (χ3v) is 6.60. The molecule has 0 radical (unpaired) electrons. The fourth-order valence-corrected chi connectivity index (χ4v) is 4.93. The van der Waals surface area contributed by atoms with Crippen molar-refractivity contribution in [3.8, 4) is 0 Å². The van der Waals surface area contributed by atoms with E-state index in [0.717, 1.165) is 35.7 Å². The zero-order chi connectivity index (χ0) is 24.8. The van der Waals surface area contributed by atoms with Crippen LogP contribution in [0.25, 0.3) is 12.2 Å². The van der Waals surface area contributed by atoms with E-state index in [0.29, 0.717) is 9.20 Å². The smallest absolute Gasteiger partial charge is 0.333 e. The molecule has 1 saturated heterocycles. The number of halogens is 1. The van der Waals surface area contributed by atoms with Crippen molar-refractivity contribution in [1.82, 2.24) is 4.57 Å². The number of carbonyl (C=O) groups excluding carboxylic acids is 2. The number of carbonyl (C=O) groups is 2. The number of hydrogen-bond donors (Lipinski definition) is 1. The SMILES string of the molecule is CCOC(=O)/C=c1\s/c(=C\c2ccc(N3CCCC3)cc2)c(=O)n1CC(=O)Nc1cccc(F)c1. The van der Waals surface area contributed by atoms with Crippen molar-refractivity contribution >= 4 is 46.7 Å². The zero-order valence-electron chi connectivity index (χ0n) is 19.3. The van der Waals surface area contributed by atoms with Crippen molar-refractivity contribution in [3.63, 3.8) is 0 Å². The highest BCUT2D eigenvalue weighted by molar-refractivity contribution is 7.07. The van der Waals surface area contributed by atoms with Crippen LogP contribution in [0.1, 0.15) is 25.3 Å². The molecule has 1 fully saturated rings. The van der Waals surface area contributed by atoms with Crippen LogP contribution in [0.15, 0.2) is 53.3 Å². The molecule has 1 amide bonds. The maximum Gasteiger partial charge on any atom is 0.333 e. The van der Waals surface area contributed by atoms with Crippen LogP contribution >= 0.6 is 11.3 Å². The van der Waals surface area contributed by atoms with E-state index in [-0.39, 0.29) is 18.8 Å². The largest absolute Gasteiger partial charge is 0.463 e. The Hall–Kier alpha value is -3.72. The number of rotatable bonds is 7. The van der Waals surface area contributed by atoms with Gasteiger partial charge >= 0.3 is 5.97 Å². The number of amides is 1. The molecule has 1 aliphatic heterocycles. The standard InChI is InChI=1S/C26H26FN3O4S/c1-2-34-25(32)16-24-30(17-23(31)28-20-7-5-6-19(27)15-20)26(33)22(35-24)14-18-8-10-21(11-9-18)29-12-3-4-13-29/h5-11,14-16H,2-4,12-13,17H2,1H3,(H,28,31)/b22-14-,24-16-. The molecule has 182 valence electrons. The molecule has 0 atom stereocenters. The van der Waals surface area contributed by atoms with Gasteiger partial charge in [-0.25, -0.2) is 9.18 Å². The van der Waals surface area contributed by atoms with Crippen LogP contribution in [0.2, 0.25) is 0 Å². The zero-order valence-corrected chi connectivity index (χ0v) is 20.1. The van der Waals surface area contributed by atoms with E-state index in [1.807, 2.05) is 24.3 Å². The Labute approximate surface area is 205 Å². The molecule has 1 aromatic heterocycles. The van der Waals surface area contributed by atoms with Gasteiger partial charge in [0.25, 0.3) is 5.56 Å². The first-order chi connectivity index (χ1) is 16.9. The molecule has 7 nitrogen and oxygen atoms in total. The summed E-state index contributed by atoms with van der Waals surface area (Å²) in [5, 5.41) is 2.58. The van der Waals surface area contributed by atoms with E-state index in [1.165, 1.54) is 41.7 Å². The number of esters is 1. The summed E-state index contributed by atoms with van der Waals surface area (Å²) in [6, 6.07) is 13.4. The molecular weight excluding hydrogens is 469 g/mol. The molecule has 1 aliphatic rings. The number of nitrogens with one attached hydrogen (secondary N) is 1. The summed E-state index contributed by atoms with van der Waals surface area (Å²) in [7, 11) is 0. The summed E-state index contributed by atoms with van der Waals surface area (Å²) in [5.74, 6) is -1.61. The Bertz CT molecular complexity index is 1390. The van der Waals surface area contributed by atoms with Gasteiger partial charge in [0.05, 0.1) is 17.2 Å². The van der Waals surface area contributed by atoms with Gasteiger partial charge in [0.1, 0.15) is 17.0 Å². The van der Waals surface area contributed by atoms with Crippen LogP contribution in [-0.2, 0) is 20.9 Å². The number of hydrogen-bond acceptors (Lipinski definition) is 6. The molecule has 2 heterocycles. The van der Waals surface area contributed by atoms with Crippen molar-refractivity contribution < 1.29 is 18.7 Å². The van der Waals surface area contributed by atoms with E-state index in [1.54, 1.807) is 19.1 Å². The number of ether oxygens (including phenoxy) is 1. The highest BCUT2D eigenvalue weighted by Crippen LogP contribution is 2.20. The average Bonchev–Trinajstić information content (AvgIpc) is 3.45. The van der Waals surface area contributed by atoms with E-state index in [9.17, 15) is 18.8 Å². The lowest BCUT2D eigenvalue weighted by molar-refractivity contribution is -0.135. The molecule has 35 heavy (non-hydrogen) atoms. The fraction of sp³-hybridized carbons (Fsp3) is 0.269. The monoisotopic (exact) mass is 495 g/mol. The molecule has 2 aromatic carbocycles. The van der Waals surface area contributed by atoms with E-state index in [4.69, 9.17) is 4.74 Å². The van der Waals surface area contributed by atoms with Crippen LogP contribution in [0, 0.1) is 5.82 Å². The molecule has 3 aromatic rings. The minimum Gasteiger partial charge on any atom is -0.463 e. The molecule has 4 rings (SSSR count). The van der Waals surface area contributed by atoms with Gasteiger partial charge in [0, 0.05) is 24.5 Å². The summed E-state index contributed by atoms with van der Waals surface area (Å²) in [5.41, 5.74) is 1.86. The number of aromatic nitrogens is 1. The minimum atomic E-state index is -0.602. The first kappa shape index (κ1) is 24.4. The summed E-state index contributed by atoms with van der Waals surface area (Å²) in [4.78, 5) is 40.2. The lowest BCUT2D eigenvalue weighted by atomic mass is 10.2. The predicted molar refractivity (Wildman–Crippen MR) is 135 cm³/mol. The van der Waals surface area contributed by atoms with E-state index in [2.05, 4.69) is 10.2 Å². The van der Waals surface area contributed by atoms with E-state index >= 15 is 0 Å². The fourth-order valence-electron chi connectivity index (χ4n) is 3.90. The third-order valence-electron chi connectivity index (χ3n) is 5.54. The first-order valence-corrected chi connectivity index (χ1v) is 12.2. The number of thiazole rings is 1. The molecule has 0 spiro atoms. The quantitative estimate of drug-likeness (QED) is 0.510. The Kier molecular flexibility index (Phi) is 7.77. The lowest BCUT2D eigenvalue weighted by Gasteiger charge is -2.17. The second-order valence-corrected chi connectivity index (χ2v) is 9.14. The molecule has 0 aliphatic carbocycles. The van der Waals surface area contributed by atoms with Gasteiger partial charge in [0.15, 0.2) is 0 Å². The van der Waals surface area contributed by atoms with Gasteiger partial charge in [-0.1, -0.05) is 18.2 Å². The normalized spacial score (nSPS) is 14.4. The molecular formula is C26H26FN3O4S. The Morgan fingerprint density at radius 3 is 2.57 bits per heavy atom. The topological polar surface area (TPSA) is 80.6 Å². The van der Waals surface area contributed by atoms with Crippen molar-refractivity contribution in [2.24, 2.45) is 0 Å². The average molecular weight is 496 g/mol. The first-order valence-electron chi connectivity index (χ1n) is 11.4. The van der Waals surface area contributed by atoms with Crippen molar-refractivity contribution in [2.75, 3.05) is 29.9 Å². The second kappa shape index (κ2) is 11.1. The Balaban J connectivity index is 1.65. The number of anilines is 2. The van der Waals surface area contributed by atoms with Crippen molar-refractivity contribution in [1.29, 1.82) is 0 Å². The molecule has 1 N–H and O–H groups in total. The predicted octanol–water partition coefficient (Wildman–Crippen LogP) is 2.46. The Morgan fingerprint density at radius 2 is 1.89 bits per heavy atom. The van der Waals surface area contributed by atoms with Crippen LogP contribution < -0.4 is 25.0 Å². The van der Waals surface area contributed by atoms with Crippen LogP contribution in [0.4, 0.5) is 15.8 Å². The van der Waals surface area contributed by atoms with Crippen molar-refractivity contribution in [3.05, 3.63) is 79.5 Å². The van der Waals surface area contributed by atoms with Gasteiger partial charge in [0.2, 0.25) is 5.91 Å². The lowest BCUT2D eigenvalue weighted by Crippen LogP contribution is -2.36. The Morgan fingerprint density at radius 1 is 1.14 bits per heavy atom. The van der Waals surface area contributed by atoms with Gasteiger partial charge in [-0.05, 0) is 61.7 Å². The maximum atomic E-state index is 13.4. The van der Waals surface area contributed by atoms with Crippen molar-refractivity contribution in [2.45, 2.75) is 26.3 Å². The highest BCUT2D eigenvalue weighted by Gasteiger charge is 2.13. The van der Waals surface area contributed by atoms with Gasteiger partial charge < -0.3 is 15.0 Å². The van der Waals surface area contributed by atoms with Crippen LogP contribution in [-0.4, -0.2) is 36.1 Å². The van der Waals surface area contributed by atoms with Crippen LogP contribution in [0.3, 0.4) is 0 Å². The highest BCUT2D eigenvalue weighted by atomic mass is 32.1. The van der Waals surface area contributed by atoms with Gasteiger partial charge in [-0.3, -0.25) is 14.2 Å².